The molecule has 0 aliphatic heterocycles. The molecule has 0 aliphatic carbocycles. The summed E-state index contributed by atoms with van der Waals surface area (Å²) in [6.07, 6.45) is 1.19. The molecule has 162 valence electrons. The fourth-order valence-electron chi connectivity index (χ4n) is 2.89. The van der Waals surface area contributed by atoms with Crippen LogP contribution in [0.3, 0.4) is 0 Å². The molecule has 0 bridgehead atoms. The summed E-state index contributed by atoms with van der Waals surface area (Å²) in [6, 6.07) is 15.2. The zero-order chi connectivity index (χ0) is 22.1. The molecule has 2 atom stereocenters. The molecule has 0 saturated carbocycles. The van der Waals surface area contributed by atoms with Crippen LogP contribution >= 0.6 is 23.4 Å². The number of halogens is 1. The average molecular weight is 447 g/mol. The molecule has 2 aromatic carbocycles. The lowest BCUT2D eigenvalue weighted by molar-refractivity contribution is -0.140. The van der Waals surface area contributed by atoms with E-state index in [1.165, 1.54) is 5.56 Å². The number of nitrogens with one attached hydrogen (secondary N) is 1. The third kappa shape index (κ3) is 7.37. The van der Waals surface area contributed by atoms with Gasteiger partial charge in [0, 0.05) is 34.7 Å². The Bertz CT molecular complexity index is 841. The van der Waals surface area contributed by atoms with E-state index in [-0.39, 0.29) is 17.9 Å². The Morgan fingerprint density at radius 3 is 2.40 bits per heavy atom. The van der Waals surface area contributed by atoms with Crippen LogP contribution < -0.4 is 5.32 Å². The van der Waals surface area contributed by atoms with Gasteiger partial charge in [-0.25, -0.2) is 0 Å². The molecule has 4 nitrogen and oxygen atoms in total. The molecule has 0 radical (unpaired) electrons. The lowest BCUT2D eigenvalue weighted by atomic mass is 10.1. The zero-order valence-corrected chi connectivity index (χ0v) is 19.7. The second-order valence-corrected chi connectivity index (χ2v) is 9.09. The quantitative estimate of drug-likeness (QED) is 0.493. The number of rotatable bonds is 10. The molecule has 2 amide bonds. The Kier molecular flexibility index (Phi) is 9.73. The number of hydrogen-bond acceptors (Lipinski definition) is 3. The number of carbonyl (C=O) groups is 2. The Labute approximate surface area is 189 Å². The number of aryl methyl sites for hydroxylation is 1. The Morgan fingerprint density at radius 1 is 1.10 bits per heavy atom. The highest BCUT2D eigenvalue weighted by Gasteiger charge is 2.27. The maximum atomic E-state index is 13.1. The molecule has 0 unspecified atom stereocenters. The third-order valence-electron chi connectivity index (χ3n) is 5.07. The van der Waals surface area contributed by atoms with Crippen LogP contribution in [0.4, 0.5) is 0 Å². The fourth-order valence-corrected chi connectivity index (χ4v) is 3.93. The van der Waals surface area contributed by atoms with E-state index < -0.39 is 6.04 Å². The lowest BCUT2D eigenvalue weighted by Crippen LogP contribution is -2.49. The van der Waals surface area contributed by atoms with Crippen LogP contribution in [0.5, 0.6) is 0 Å². The van der Waals surface area contributed by atoms with Crippen LogP contribution in [-0.4, -0.2) is 34.6 Å². The molecule has 2 rings (SSSR count). The van der Waals surface area contributed by atoms with E-state index in [0.717, 1.165) is 16.9 Å². The van der Waals surface area contributed by atoms with Gasteiger partial charge in [-0.2, -0.15) is 0 Å². The Balaban J connectivity index is 2.08. The molecule has 0 heterocycles. The van der Waals surface area contributed by atoms with Gasteiger partial charge in [-0.05, 0) is 51.0 Å². The molecule has 0 aliphatic rings. The summed E-state index contributed by atoms with van der Waals surface area (Å²) in [7, 11) is 0. The summed E-state index contributed by atoms with van der Waals surface area (Å²) >= 11 is 7.96. The molecule has 1 N–H and O–H groups in total. The largest absolute Gasteiger partial charge is 0.352 e. The van der Waals surface area contributed by atoms with Crippen molar-refractivity contribution in [1.29, 1.82) is 0 Å². The summed E-state index contributed by atoms with van der Waals surface area (Å²) in [5.74, 6) is 0.456. The number of nitrogens with zero attached hydrogens (tertiary/aromatic N) is 1. The maximum absolute atomic E-state index is 13.1. The highest BCUT2D eigenvalue weighted by Crippen LogP contribution is 2.22. The van der Waals surface area contributed by atoms with E-state index in [0.29, 0.717) is 23.7 Å². The van der Waals surface area contributed by atoms with Gasteiger partial charge >= 0.3 is 0 Å². The molecular weight excluding hydrogens is 416 g/mol. The van der Waals surface area contributed by atoms with E-state index in [2.05, 4.69) is 36.5 Å². The smallest absolute Gasteiger partial charge is 0.242 e. The summed E-state index contributed by atoms with van der Waals surface area (Å²) in [6.45, 7) is 8.12. The van der Waals surface area contributed by atoms with E-state index in [9.17, 15) is 9.59 Å². The van der Waals surface area contributed by atoms with Gasteiger partial charge in [0.05, 0.1) is 0 Å². The van der Waals surface area contributed by atoms with E-state index in [4.69, 9.17) is 11.6 Å². The molecule has 0 aromatic heterocycles. The molecule has 0 saturated heterocycles. The van der Waals surface area contributed by atoms with E-state index >= 15 is 0 Å². The van der Waals surface area contributed by atoms with Gasteiger partial charge in [-0.3, -0.25) is 9.59 Å². The minimum absolute atomic E-state index is 0.0543. The standard InChI is InChI=1S/C24H31ClN2O2S/c1-5-18(3)26-24(29)19(4)27(16-20-8-6-7-9-22(20)25)23(28)14-15-30-21-12-10-17(2)11-13-21/h6-13,18-19H,5,14-16H2,1-4H3,(H,26,29)/t18-,19+/m0/s1. The summed E-state index contributed by atoms with van der Waals surface area (Å²) in [4.78, 5) is 28.6. The second-order valence-electron chi connectivity index (χ2n) is 7.52. The first-order valence-corrected chi connectivity index (χ1v) is 11.7. The first-order valence-electron chi connectivity index (χ1n) is 10.3. The fraction of sp³-hybridized carbons (Fsp3) is 0.417. The topological polar surface area (TPSA) is 49.4 Å². The predicted molar refractivity (Wildman–Crippen MR) is 126 cm³/mol. The van der Waals surface area contributed by atoms with Gasteiger partial charge < -0.3 is 10.2 Å². The van der Waals surface area contributed by atoms with E-state index in [1.54, 1.807) is 29.7 Å². The van der Waals surface area contributed by atoms with Crippen molar-refractivity contribution in [2.45, 2.75) is 64.1 Å². The van der Waals surface area contributed by atoms with Crippen LogP contribution in [0.25, 0.3) is 0 Å². The Morgan fingerprint density at radius 2 is 1.77 bits per heavy atom. The van der Waals surface area contributed by atoms with Crippen LogP contribution in [-0.2, 0) is 16.1 Å². The number of amides is 2. The molecule has 0 spiro atoms. The maximum Gasteiger partial charge on any atom is 0.242 e. The number of benzene rings is 2. The van der Waals surface area contributed by atoms with Crippen LogP contribution in [0.1, 0.15) is 44.7 Å². The number of carbonyl (C=O) groups excluding carboxylic acids is 2. The molecular formula is C24H31ClN2O2S. The number of hydrogen-bond donors (Lipinski definition) is 1. The van der Waals surface area contributed by atoms with Crippen molar-refractivity contribution >= 4 is 35.2 Å². The summed E-state index contributed by atoms with van der Waals surface area (Å²) in [5.41, 5.74) is 2.05. The third-order valence-corrected chi connectivity index (χ3v) is 6.45. The zero-order valence-electron chi connectivity index (χ0n) is 18.2. The van der Waals surface area contributed by atoms with Gasteiger partial charge in [-0.1, -0.05) is 54.4 Å². The van der Waals surface area contributed by atoms with Gasteiger partial charge in [0.15, 0.2) is 0 Å². The van der Waals surface area contributed by atoms with Crippen molar-refractivity contribution in [3.05, 3.63) is 64.7 Å². The van der Waals surface area contributed by atoms with Gasteiger partial charge in [-0.15, -0.1) is 11.8 Å². The minimum Gasteiger partial charge on any atom is -0.352 e. The molecule has 0 fully saturated rings. The van der Waals surface area contributed by atoms with Crippen LogP contribution in [0.15, 0.2) is 53.4 Å². The van der Waals surface area contributed by atoms with Crippen LogP contribution in [0.2, 0.25) is 5.02 Å². The SMILES string of the molecule is CC[C@H](C)NC(=O)[C@@H](C)N(Cc1ccccc1Cl)C(=O)CCSc1ccc(C)cc1. The highest BCUT2D eigenvalue weighted by molar-refractivity contribution is 7.99. The van der Waals surface area contributed by atoms with Gasteiger partial charge in [0.1, 0.15) is 6.04 Å². The summed E-state index contributed by atoms with van der Waals surface area (Å²) < 4.78 is 0. The normalized spacial score (nSPS) is 12.8. The second kappa shape index (κ2) is 12.0. The predicted octanol–water partition coefficient (Wildman–Crippen LogP) is 5.46. The first kappa shape index (κ1) is 24.3. The molecule has 2 aromatic rings. The van der Waals surface area contributed by atoms with E-state index in [1.807, 2.05) is 32.0 Å². The first-order chi connectivity index (χ1) is 14.3. The minimum atomic E-state index is -0.577. The van der Waals surface area contributed by atoms with Crippen molar-refractivity contribution in [3.63, 3.8) is 0 Å². The average Bonchev–Trinajstić information content (AvgIpc) is 2.73. The van der Waals surface area contributed by atoms with Crippen molar-refractivity contribution in [2.75, 3.05) is 5.75 Å². The van der Waals surface area contributed by atoms with Crippen molar-refractivity contribution in [2.24, 2.45) is 0 Å². The van der Waals surface area contributed by atoms with Crippen molar-refractivity contribution < 1.29 is 9.59 Å². The van der Waals surface area contributed by atoms with Gasteiger partial charge in [0.25, 0.3) is 0 Å². The molecule has 6 heteroatoms. The summed E-state index contributed by atoms with van der Waals surface area (Å²) in [5, 5.41) is 3.58. The Hall–Kier alpha value is -1.98. The van der Waals surface area contributed by atoms with Crippen molar-refractivity contribution in [3.8, 4) is 0 Å². The monoisotopic (exact) mass is 446 g/mol. The highest BCUT2D eigenvalue weighted by atomic mass is 35.5. The number of thioether (sulfide) groups is 1. The van der Waals surface area contributed by atoms with Crippen LogP contribution in [0, 0.1) is 6.92 Å². The molecule has 30 heavy (non-hydrogen) atoms. The van der Waals surface area contributed by atoms with Crippen molar-refractivity contribution in [1.82, 2.24) is 10.2 Å². The lowest BCUT2D eigenvalue weighted by Gasteiger charge is -2.30. The van der Waals surface area contributed by atoms with Gasteiger partial charge in [0.2, 0.25) is 11.8 Å².